The zero-order valence-electron chi connectivity index (χ0n) is 7.86. The fraction of sp³-hybridized carbons (Fsp3) is 0.100. The molecule has 2 rings (SSSR count). The molecule has 0 spiro atoms. The van der Waals surface area contributed by atoms with Crippen LogP contribution in [0.4, 0.5) is 8.78 Å². The Bertz CT molecular complexity index is 470. The first-order chi connectivity index (χ1) is 7.65. The van der Waals surface area contributed by atoms with Gasteiger partial charge in [-0.05, 0) is 24.3 Å². The molecule has 0 aliphatic heterocycles. The lowest BCUT2D eigenvalue weighted by Gasteiger charge is -2.04. The number of ether oxygens (including phenoxy) is 1. The Kier molecular flexibility index (Phi) is 3.19. The highest BCUT2D eigenvalue weighted by molar-refractivity contribution is 9.10. The molecule has 0 saturated carbocycles. The monoisotopic (exact) mass is 289 g/mol. The maximum absolute atomic E-state index is 11.9. The highest BCUT2D eigenvalue weighted by Crippen LogP contribution is 2.25. The minimum absolute atomic E-state index is 0.109. The first kappa shape index (κ1) is 11.1. The van der Waals surface area contributed by atoms with Gasteiger partial charge in [-0.2, -0.15) is 8.78 Å². The number of halogens is 3. The number of hydrogen-bond donors (Lipinski definition) is 0. The quantitative estimate of drug-likeness (QED) is 0.864. The third kappa shape index (κ3) is 2.57. The number of aromatic nitrogens is 1. The zero-order chi connectivity index (χ0) is 11.5. The topological polar surface area (TPSA) is 35.3 Å². The second-order valence-electron chi connectivity index (χ2n) is 2.88. The van der Waals surface area contributed by atoms with Crippen LogP contribution in [0.1, 0.15) is 0 Å². The number of nitrogens with zero attached hydrogens (tertiary/aromatic N) is 1. The predicted octanol–water partition coefficient (Wildman–Crippen LogP) is 3.71. The number of oxazole rings is 1. The third-order valence-electron chi connectivity index (χ3n) is 1.84. The Morgan fingerprint density at radius 2 is 1.94 bits per heavy atom. The summed E-state index contributed by atoms with van der Waals surface area (Å²) in [6.07, 6.45) is 1.53. The van der Waals surface area contributed by atoms with Crippen molar-refractivity contribution in [3.8, 4) is 17.1 Å². The summed E-state index contributed by atoms with van der Waals surface area (Å²) in [6, 6.07) is 6.12. The molecule has 1 heterocycles. The molecule has 0 atom stereocenters. The fourth-order valence-electron chi connectivity index (χ4n) is 1.19. The highest BCUT2D eigenvalue weighted by Gasteiger charge is 2.06. The van der Waals surface area contributed by atoms with Gasteiger partial charge >= 0.3 is 6.61 Å². The van der Waals surface area contributed by atoms with Crippen molar-refractivity contribution in [1.29, 1.82) is 0 Å². The Morgan fingerprint density at radius 3 is 2.44 bits per heavy atom. The van der Waals surface area contributed by atoms with Crippen LogP contribution in [0.25, 0.3) is 11.3 Å². The van der Waals surface area contributed by atoms with Crippen LogP contribution in [0, 0.1) is 0 Å². The van der Waals surface area contributed by atoms with Crippen LogP contribution >= 0.6 is 15.9 Å². The summed E-state index contributed by atoms with van der Waals surface area (Å²) in [5.74, 6) is 0.660. The van der Waals surface area contributed by atoms with Crippen LogP contribution < -0.4 is 4.74 Å². The standard InChI is InChI=1S/C10H6BrF2NO2/c11-9-14-5-8(16-9)6-1-3-7(4-2-6)15-10(12)13/h1-5,10H. The van der Waals surface area contributed by atoms with E-state index in [2.05, 4.69) is 25.7 Å². The molecule has 84 valence electrons. The van der Waals surface area contributed by atoms with Gasteiger partial charge in [0, 0.05) is 21.5 Å². The van der Waals surface area contributed by atoms with Gasteiger partial charge in [0.2, 0.25) is 0 Å². The van der Waals surface area contributed by atoms with Gasteiger partial charge in [-0.15, -0.1) is 0 Å². The van der Waals surface area contributed by atoms with E-state index in [1.807, 2.05) is 0 Å². The predicted molar refractivity (Wildman–Crippen MR) is 56.3 cm³/mol. The molecule has 0 aliphatic rings. The second kappa shape index (κ2) is 4.61. The molecule has 0 saturated heterocycles. The summed E-state index contributed by atoms with van der Waals surface area (Å²) in [6.45, 7) is -2.81. The van der Waals surface area contributed by atoms with E-state index < -0.39 is 6.61 Å². The molecule has 0 aliphatic carbocycles. The van der Waals surface area contributed by atoms with Crippen LogP contribution in [0.15, 0.2) is 39.7 Å². The van der Waals surface area contributed by atoms with Gasteiger partial charge in [0.1, 0.15) is 5.75 Å². The first-order valence-corrected chi connectivity index (χ1v) is 5.11. The fourth-order valence-corrected chi connectivity index (χ4v) is 1.46. The lowest BCUT2D eigenvalue weighted by molar-refractivity contribution is -0.0498. The van der Waals surface area contributed by atoms with E-state index in [0.29, 0.717) is 10.6 Å². The van der Waals surface area contributed by atoms with Crippen molar-refractivity contribution in [2.24, 2.45) is 0 Å². The molecular formula is C10H6BrF2NO2. The molecule has 1 aromatic heterocycles. The molecule has 0 N–H and O–H groups in total. The number of benzene rings is 1. The second-order valence-corrected chi connectivity index (χ2v) is 3.56. The molecule has 3 nitrogen and oxygen atoms in total. The van der Waals surface area contributed by atoms with Crippen molar-refractivity contribution in [3.63, 3.8) is 0 Å². The maximum atomic E-state index is 11.9. The van der Waals surface area contributed by atoms with Crippen molar-refractivity contribution >= 4 is 15.9 Å². The van der Waals surface area contributed by atoms with Crippen molar-refractivity contribution in [3.05, 3.63) is 35.3 Å². The molecule has 0 amide bonds. The van der Waals surface area contributed by atoms with E-state index >= 15 is 0 Å². The van der Waals surface area contributed by atoms with Crippen LogP contribution in [-0.2, 0) is 0 Å². The molecular weight excluding hydrogens is 284 g/mol. The summed E-state index contributed by atoms with van der Waals surface area (Å²) in [5, 5.41) is 0. The summed E-state index contributed by atoms with van der Waals surface area (Å²) in [4.78, 5) is 4.23. The Morgan fingerprint density at radius 1 is 1.25 bits per heavy atom. The Balaban J connectivity index is 2.19. The highest BCUT2D eigenvalue weighted by atomic mass is 79.9. The summed E-state index contributed by atoms with van der Waals surface area (Å²) >= 11 is 3.07. The molecule has 2 aromatic rings. The van der Waals surface area contributed by atoms with E-state index in [-0.39, 0.29) is 5.75 Å². The smallest absolute Gasteiger partial charge is 0.387 e. The van der Waals surface area contributed by atoms with Crippen molar-refractivity contribution in [1.82, 2.24) is 4.98 Å². The molecule has 16 heavy (non-hydrogen) atoms. The van der Waals surface area contributed by atoms with Crippen molar-refractivity contribution in [2.75, 3.05) is 0 Å². The van der Waals surface area contributed by atoms with Gasteiger partial charge in [0.15, 0.2) is 5.76 Å². The largest absolute Gasteiger partial charge is 0.435 e. The zero-order valence-corrected chi connectivity index (χ0v) is 9.45. The normalized spacial score (nSPS) is 10.8. The van der Waals surface area contributed by atoms with Gasteiger partial charge in [-0.25, -0.2) is 4.98 Å². The van der Waals surface area contributed by atoms with Crippen molar-refractivity contribution < 1.29 is 17.9 Å². The number of alkyl halides is 2. The lowest BCUT2D eigenvalue weighted by atomic mass is 10.2. The van der Waals surface area contributed by atoms with E-state index in [4.69, 9.17) is 4.42 Å². The summed E-state index contributed by atoms with van der Waals surface area (Å²) in [5.41, 5.74) is 0.736. The minimum Gasteiger partial charge on any atom is -0.435 e. The minimum atomic E-state index is -2.81. The van der Waals surface area contributed by atoms with Crippen molar-refractivity contribution in [2.45, 2.75) is 6.61 Å². The van der Waals surface area contributed by atoms with Gasteiger partial charge in [-0.3, -0.25) is 0 Å². The average molecular weight is 290 g/mol. The molecule has 0 bridgehead atoms. The molecule has 6 heteroatoms. The van der Waals surface area contributed by atoms with E-state index in [1.54, 1.807) is 12.1 Å². The number of rotatable bonds is 3. The summed E-state index contributed by atoms with van der Waals surface area (Å²) in [7, 11) is 0. The molecule has 1 aromatic carbocycles. The average Bonchev–Trinajstić information content (AvgIpc) is 2.65. The summed E-state index contributed by atoms with van der Waals surface area (Å²) < 4.78 is 33.2. The van der Waals surface area contributed by atoms with E-state index in [1.165, 1.54) is 18.3 Å². The lowest BCUT2D eigenvalue weighted by Crippen LogP contribution is -2.01. The SMILES string of the molecule is FC(F)Oc1ccc(-c2cnc(Br)o2)cc1. The van der Waals surface area contributed by atoms with Gasteiger partial charge in [0.25, 0.3) is 4.80 Å². The van der Waals surface area contributed by atoms with Gasteiger partial charge in [0.05, 0.1) is 6.20 Å². The van der Waals surface area contributed by atoms with Crippen LogP contribution in [0.3, 0.4) is 0 Å². The Labute approximate surface area is 98.2 Å². The van der Waals surface area contributed by atoms with E-state index in [0.717, 1.165) is 5.56 Å². The van der Waals surface area contributed by atoms with Crippen LogP contribution in [-0.4, -0.2) is 11.6 Å². The molecule has 0 fully saturated rings. The Hall–Kier alpha value is -1.43. The number of hydrogen-bond acceptors (Lipinski definition) is 3. The van der Waals surface area contributed by atoms with E-state index in [9.17, 15) is 8.78 Å². The van der Waals surface area contributed by atoms with Gasteiger partial charge < -0.3 is 9.15 Å². The van der Waals surface area contributed by atoms with Crippen LogP contribution in [0.2, 0.25) is 0 Å². The third-order valence-corrected chi connectivity index (χ3v) is 2.21. The first-order valence-electron chi connectivity index (χ1n) is 4.32. The van der Waals surface area contributed by atoms with Crippen LogP contribution in [0.5, 0.6) is 5.75 Å². The van der Waals surface area contributed by atoms with Gasteiger partial charge in [-0.1, -0.05) is 0 Å². The molecule has 0 unspecified atom stereocenters. The molecule has 0 radical (unpaired) electrons. The maximum Gasteiger partial charge on any atom is 0.387 e.